The smallest absolute Gasteiger partial charge is 0.123 e. The predicted octanol–water partition coefficient (Wildman–Crippen LogP) is 2.80. The minimum atomic E-state index is -0.228. The lowest BCUT2D eigenvalue weighted by atomic mass is 10.2. The molecule has 0 aliphatic rings. The summed E-state index contributed by atoms with van der Waals surface area (Å²) >= 11 is 0. The van der Waals surface area contributed by atoms with E-state index in [2.05, 4.69) is 4.98 Å². The number of ether oxygens (including phenoxy) is 1. The molecule has 0 saturated heterocycles. The van der Waals surface area contributed by atoms with Gasteiger partial charge in [0, 0.05) is 18.9 Å². The number of hydrogen-bond donors (Lipinski definition) is 0. The van der Waals surface area contributed by atoms with Crippen LogP contribution >= 0.6 is 0 Å². The lowest BCUT2D eigenvalue weighted by Crippen LogP contribution is -2.03. The Kier molecular flexibility index (Phi) is 3.75. The maximum absolute atomic E-state index is 12.9. The molecule has 1 aromatic carbocycles. The Hall–Kier alpha value is -1.84. The highest BCUT2D eigenvalue weighted by Crippen LogP contribution is 2.18. The summed E-state index contributed by atoms with van der Waals surface area (Å²) in [6, 6.07) is 4.56. The molecule has 0 spiro atoms. The van der Waals surface area contributed by atoms with Crippen LogP contribution in [-0.2, 0) is 6.54 Å². The average Bonchev–Trinajstić information content (AvgIpc) is 2.79. The molecular weight excluding hydrogens is 219 g/mol. The number of aromatic nitrogens is 2. The molecule has 0 aliphatic heterocycles. The summed E-state index contributed by atoms with van der Waals surface area (Å²) in [4.78, 5) is 3.96. The Bertz CT molecular complexity index is 468. The number of nitrogens with zero attached hydrogens (tertiary/aromatic N) is 2. The molecule has 2 rings (SSSR count). The molecule has 0 atom stereocenters. The first-order valence-corrected chi connectivity index (χ1v) is 5.60. The maximum atomic E-state index is 12.9. The summed E-state index contributed by atoms with van der Waals surface area (Å²) in [6.45, 7) is 3.33. The van der Waals surface area contributed by atoms with Crippen LogP contribution < -0.4 is 4.74 Å². The maximum Gasteiger partial charge on any atom is 0.123 e. The van der Waals surface area contributed by atoms with Crippen LogP contribution in [0.15, 0.2) is 36.9 Å². The van der Waals surface area contributed by atoms with E-state index in [0.29, 0.717) is 6.61 Å². The van der Waals surface area contributed by atoms with Crippen LogP contribution in [0.3, 0.4) is 0 Å². The average molecular weight is 234 g/mol. The van der Waals surface area contributed by atoms with Gasteiger partial charge in [-0.3, -0.25) is 0 Å². The van der Waals surface area contributed by atoms with E-state index < -0.39 is 0 Å². The minimum Gasteiger partial charge on any atom is -0.493 e. The number of hydrogen-bond acceptors (Lipinski definition) is 2. The molecule has 0 fully saturated rings. The first-order chi connectivity index (χ1) is 8.25. The molecule has 1 aromatic heterocycles. The van der Waals surface area contributed by atoms with Gasteiger partial charge in [0.05, 0.1) is 12.9 Å². The molecular formula is C13H15FN2O. The third-order valence-corrected chi connectivity index (χ3v) is 2.51. The molecule has 4 heteroatoms. The molecule has 90 valence electrons. The number of aryl methyl sites for hydroxylation is 2. The van der Waals surface area contributed by atoms with Crippen LogP contribution in [0.1, 0.15) is 12.0 Å². The molecule has 0 bridgehead atoms. The standard InChI is InChI=1S/C13H15FN2O/c1-11-9-12(14)3-4-13(11)17-8-2-6-16-7-5-15-10-16/h3-5,7,9-10H,2,6,8H2,1H3. The zero-order chi connectivity index (χ0) is 12.1. The van der Waals surface area contributed by atoms with Gasteiger partial charge in [-0.15, -0.1) is 0 Å². The van der Waals surface area contributed by atoms with Crippen molar-refractivity contribution in [2.75, 3.05) is 6.61 Å². The molecule has 0 saturated carbocycles. The second kappa shape index (κ2) is 5.48. The van der Waals surface area contributed by atoms with E-state index in [1.54, 1.807) is 18.6 Å². The van der Waals surface area contributed by atoms with Gasteiger partial charge in [0.1, 0.15) is 11.6 Å². The van der Waals surface area contributed by atoms with Gasteiger partial charge in [0.15, 0.2) is 0 Å². The van der Waals surface area contributed by atoms with Crippen molar-refractivity contribution in [2.45, 2.75) is 19.9 Å². The first-order valence-electron chi connectivity index (χ1n) is 5.60. The fourth-order valence-corrected chi connectivity index (χ4v) is 1.62. The third-order valence-electron chi connectivity index (χ3n) is 2.51. The van der Waals surface area contributed by atoms with Crippen LogP contribution in [0, 0.1) is 12.7 Å². The second-order valence-electron chi connectivity index (χ2n) is 3.91. The number of imidazole rings is 1. The van der Waals surface area contributed by atoms with Crippen LogP contribution in [0.2, 0.25) is 0 Å². The molecule has 0 N–H and O–H groups in total. The molecule has 3 nitrogen and oxygen atoms in total. The quantitative estimate of drug-likeness (QED) is 0.744. The van der Waals surface area contributed by atoms with Gasteiger partial charge < -0.3 is 9.30 Å². The van der Waals surface area contributed by atoms with E-state index in [1.807, 2.05) is 17.7 Å². The van der Waals surface area contributed by atoms with Gasteiger partial charge >= 0.3 is 0 Å². The van der Waals surface area contributed by atoms with Gasteiger partial charge in [0.25, 0.3) is 0 Å². The first kappa shape index (κ1) is 11.6. The van der Waals surface area contributed by atoms with Crippen LogP contribution in [0.4, 0.5) is 4.39 Å². The highest BCUT2D eigenvalue weighted by molar-refractivity contribution is 5.32. The monoisotopic (exact) mass is 234 g/mol. The molecule has 2 aromatic rings. The van der Waals surface area contributed by atoms with Gasteiger partial charge in [0.2, 0.25) is 0 Å². The van der Waals surface area contributed by atoms with Crippen molar-refractivity contribution in [1.82, 2.24) is 9.55 Å². The lowest BCUT2D eigenvalue weighted by molar-refractivity contribution is 0.299. The summed E-state index contributed by atoms with van der Waals surface area (Å²) in [5, 5.41) is 0. The fraction of sp³-hybridized carbons (Fsp3) is 0.308. The molecule has 0 radical (unpaired) electrons. The van der Waals surface area contributed by atoms with Crippen molar-refractivity contribution in [2.24, 2.45) is 0 Å². The van der Waals surface area contributed by atoms with Crippen molar-refractivity contribution >= 4 is 0 Å². The summed E-state index contributed by atoms with van der Waals surface area (Å²) in [5.74, 6) is 0.519. The summed E-state index contributed by atoms with van der Waals surface area (Å²) in [7, 11) is 0. The van der Waals surface area contributed by atoms with Gasteiger partial charge in [-0.25, -0.2) is 9.37 Å². The zero-order valence-electron chi connectivity index (χ0n) is 9.77. The molecule has 0 unspecified atom stereocenters. The molecule has 0 aliphatic carbocycles. The second-order valence-corrected chi connectivity index (χ2v) is 3.91. The predicted molar refractivity (Wildman–Crippen MR) is 63.5 cm³/mol. The number of benzene rings is 1. The summed E-state index contributed by atoms with van der Waals surface area (Å²) in [6.07, 6.45) is 6.35. The van der Waals surface area contributed by atoms with E-state index in [0.717, 1.165) is 24.3 Å². The van der Waals surface area contributed by atoms with Crippen molar-refractivity contribution in [3.05, 3.63) is 48.3 Å². The van der Waals surface area contributed by atoms with Crippen molar-refractivity contribution in [1.29, 1.82) is 0 Å². The minimum absolute atomic E-state index is 0.228. The van der Waals surface area contributed by atoms with Crippen LogP contribution in [0.5, 0.6) is 5.75 Å². The normalized spacial score (nSPS) is 10.5. The Morgan fingerprint density at radius 1 is 1.41 bits per heavy atom. The SMILES string of the molecule is Cc1cc(F)ccc1OCCCn1ccnc1. The highest BCUT2D eigenvalue weighted by atomic mass is 19.1. The van der Waals surface area contributed by atoms with Gasteiger partial charge in [-0.2, -0.15) is 0 Å². The largest absolute Gasteiger partial charge is 0.493 e. The van der Waals surface area contributed by atoms with Crippen LogP contribution in [0.25, 0.3) is 0 Å². The van der Waals surface area contributed by atoms with E-state index in [1.165, 1.54) is 12.1 Å². The Morgan fingerprint density at radius 3 is 3.00 bits per heavy atom. The lowest BCUT2D eigenvalue weighted by Gasteiger charge is -2.09. The Labute approximate surface area is 99.9 Å². The summed E-state index contributed by atoms with van der Waals surface area (Å²) < 4.78 is 20.4. The molecule has 1 heterocycles. The highest BCUT2D eigenvalue weighted by Gasteiger charge is 2.00. The van der Waals surface area contributed by atoms with Crippen molar-refractivity contribution < 1.29 is 9.13 Å². The Morgan fingerprint density at radius 2 is 2.29 bits per heavy atom. The number of halogens is 1. The van der Waals surface area contributed by atoms with E-state index in [9.17, 15) is 4.39 Å². The van der Waals surface area contributed by atoms with E-state index in [4.69, 9.17) is 4.74 Å². The van der Waals surface area contributed by atoms with E-state index in [-0.39, 0.29) is 5.82 Å². The summed E-state index contributed by atoms with van der Waals surface area (Å²) in [5.41, 5.74) is 0.827. The number of rotatable bonds is 5. The third kappa shape index (κ3) is 3.31. The topological polar surface area (TPSA) is 27.1 Å². The van der Waals surface area contributed by atoms with E-state index >= 15 is 0 Å². The zero-order valence-corrected chi connectivity index (χ0v) is 9.77. The van der Waals surface area contributed by atoms with Gasteiger partial charge in [-0.05, 0) is 37.1 Å². The van der Waals surface area contributed by atoms with Crippen molar-refractivity contribution in [3.8, 4) is 5.75 Å². The Balaban J connectivity index is 1.78. The van der Waals surface area contributed by atoms with Crippen LogP contribution in [-0.4, -0.2) is 16.2 Å². The van der Waals surface area contributed by atoms with Crippen molar-refractivity contribution in [3.63, 3.8) is 0 Å². The molecule has 0 amide bonds. The van der Waals surface area contributed by atoms with Gasteiger partial charge in [-0.1, -0.05) is 0 Å². The fourth-order valence-electron chi connectivity index (χ4n) is 1.62. The molecule has 17 heavy (non-hydrogen) atoms.